The number of likely N-dealkylation sites (tertiary alicyclic amines) is 1. The van der Waals surface area contributed by atoms with Crippen LogP contribution in [0.2, 0.25) is 0 Å². The Hall–Kier alpha value is -2.64. The molecule has 5 nitrogen and oxygen atoms in total. The van der Waals surface area contributed by atoms with Gasteiger partial charge in [0.1, 0.15) is 0 Å². The molecule has 1 saturated heterocycles. The van der Waals surface area contributed by atoms with E-state index < -0.39 is 10.0 Å². The van der Waals surface area contributed by atoms with Crippen molar-refractivity contribution in [3.05, 3.63) is 82.0 Å². The molecule has 29 heavy (non-hydrogen) atoms. The number of benzene rings is 2. The summed E-state index contributed by atoms with van der Waals surface area (Å²) in [4.78, 5) is 16.2. The Labute approximate surface area is 175 Å². The second-order valence-electron chi connectivity index (χ2n) is 7.12. The molecule has 0 saturated carbocycles. The lowest BCUT2D eigenvalue weighted by Crippen LogP contribution is -2.30. The highest BCUT2D eigenvalue weighted by Crippen LogP contribution is 2.35. The van der Waals surface area contributed by atoms with Crippen molar-refractivity contribution in [2.45, 2.75) is 30.7 Å². The fraction of sp³-hybridized carbons (Fsp3) is 0.227. The number of nitrogens with one attached hydrogen (secondary N) is 1. The number of carbonyl (C=O) groups excluding carboxylic acids is 1. The van der Waals surface area contributed by atoms with Crippen LogP contribution in [0.25, 0.3) is 0 Å². The van der Waals surface area contributed by atoms with Crippen LogP contribution in [0, 0.1) is 6.92 Å². The molecule has 0 spiro atoms. The summed E-state index contributed by atoms with van der Waals surface area (Å²) in [6.45, 7) is 2.57. The first-order valence-electron chi connectivity index (χ1n) is 9.48. The molecule has 1 aromatic heterocycles. The lowest BCUT2D eigenvalue weighted by atomic mass is 10.1. The van der Waals surface area contributed by atoms with Gasteiger partial charge in [-0.25, -0.2) is 8.42 Å². The van der Waals surface area contributed by atoms with E-state index in [9.17, 15) is 13.2 Å². The van der Waals surface area contributed by atoms with Crippen LogP contribution in [0.4, 0.5) is 5.69 Å². The van der Waals surface area contributed by atoms with Crippen LogP contribution in [0.5, 0.6) is 0 Å². The number of rotatable bonds is 5. The summed E-state index contributed by atoms with van der Waals surface area (Å²) in [5.74, 6) is -0.0586. The lowest BCUT2D eigenvalue weighted by molar-refractivity contribution is 0.0738. The molecular weight excluding hydrogens is 404 g/mol. The summed E-state index contributed by atoms with van der Waals surface area (Å²) < 4.78 is 28.0. The van der Waals surface area contributed by atoms with Gasteiger partial charge in [-0.05, 0) is 67.1 Å². The SMILES string of the molecule is Cc1ccccc1NS(=O)(=O)c1ccc(C(=O)N2CCCC2c2cccs2)cc1. The minimum absolute atomic E-state index is 0.0586. The fourth-order valence-electron chi connectivity index (χ4n) is 3.62. The summed E-state index contributed by atoms with van der Waals surface area (Å²) in [6.07, 6.45) is 1.93. The molecule has 150 valence electrons. The van der Waals surface area contributed by atoms with Crippen molar-refractivity contribution in [3.63, 3.8) is 0 Å². The molecule has 1 fully saturated rings. The molecule has 2 heterocycles. The van der Waals surface area contributed by atoms with Gasteiger partial charge in [-0.15, -0.1) is 11.3 Å². The minimum Gasteiger partial charge on any atom is -0.331 e. The lowest BCUT2D eigenvalue weighted by Gasteiger charge is -2.24. The van der Waals surface area contributed by atoms with Gasteiger partial charge >= 0.3 is 0 Å². The van der Waals surface area contributed by atoms with E-state index in [-0.39, 0.29) is 16.8 Å². The molecule has 1 amide bonds. The number of anilines is 1. The van der Waals surface area contributed by atoms with Crippen LogP contribution >= 0.6 is 11.3 Å². The average Bonchev–Trinajstić information content (AvgIpc) is 3.40. The Morgan fingerprint density at radius 2 is 1.83 bits per heavy atom. The maximum atomic E-state index is 13.0. The molecule has 1 N–H and O–H groups in total. The first-order valence-corrected chi connectivity index (χ1v) is 11.8. The number of hydrogen-bond donors (Lipinski definition) is 1. The van der Waals surface area contributed by atoms with Gasteiger partial charge in [-0.3, -0.25) is 9.52 Å². The zero-order valence-corrected chi connectivity index (χ0v) is 17.7. The van der Waals surface area contributed by atoms with Gasteiger partial charge in [0.15, 0.2) is 0 Å². The molecule has 7 heteroatoms. The van der Waals surface area contributed by atoms with Gasteiger partial charge in [0.25, 0.3) is 15.9 Å². The molecule has 1 atom stereocenters. The Morgan fingerprint density at radius 1 is 1.07 bits per heavy atom. The second-order valence-corrected chi connectivity index (χ2v) is 9.78. The third-order valence-corrected chi connectivity index (χ3v) is 7.54. The number of nitrogens with zero attached hydrogens (tertiary/aromatic N) is 1. The quantitative estimate of drug-likeness (QED) is 0.635. The fourth-order valence-corrected chi connectivity index (χ4v) is 5.62. The van der Waals surface area contributed by atoms with E-state index in [0.29, 0.717) is 11.3 Å². The van der Waals surface area contributed by atoms with Gasteiger partial charge in [0.2, 0.25) is 0 Å². The van der Waals surface area contributed by atoms with Gasteiger partial charge in [0, 0.05) is 17.0 Å². The Kier molecular flexibility index (Phi) is 5.43. The minimum atomic E-state index is -3.72. The molecule has 4 rings (SSSR count). The monoisotopic (exact) mass is 426 g/mol. The third kappa shape index (κ3) is 4.06. The number of aryl methyl sites for hydroxylation is 1. The maximum Gasteiger partial charge on any atom is 0.261 e. The van der Waals surface area contributed by atoms with Crippen molar-refractivity contribution in [1.82, 2.24) is 4.90 Å². The smallest absolute Gasteiger partial charge is 0.261 e. The van der Waals surface area contributed by atoms with Gasteiger partial charge < -0.3 is 4.90 Å². The van der Waals surface area contributed by atoms with Crippen LogP contribution in [0.3, 0.4) is 0 Å². The first kappa shape index (κ1) is 19.7. The summed E-state index contributed by atoms with van der Waals surface area (Å²) >= 11 is 1.66. The molecule has 1 aliphatic rings. The molecule has 0 bridgehead atoms. The standard InChI is InChI=1S/C22H22N2O3S2/c1-16-6-2-3-7-19(16)23-29(26,27)18-12-10-17(11-13-18)22(25)24-14-4-8-20(24)21-9-5-15-28-21/h2-3,5-7,9-13,15,20,23H,4,8,14H2,1H3. The van der Waals surface area contributed by atoms with E-state index in [0.717, 1.165) is 24.9 Å². The Morgan fingerprint density at radius 3 is 2.52 bits per heavy atom. The van der Waals surface area contributed by atoms with Gasteiger partial charge in [-0.2, -0.15) is 0 Å². The summed E-state index contributed by atoms with van der Waals surface area (Å²) in [6, 6.07) is 17.6. The largest absolute Gasteiger partial charge is 0.331 e. The van der Waals surface area contributed by atoms with E-state index in [1.807, 2.05) is 35.4 Å². The first-order chi connectivity index (χ1) is 14.0. The highest BCUT2D eigenvalue weighted by molar-refractivity contribution is 7.92. The predicted octanol–water partition coefficient (Wildman–Crippen LogP) is 4.83. The number of hydrogen-bond acceptors (Lipinski definition) is 4. The average molecular weight is 427 g/mol. The van der Waals surface area contributed by atoms with Gasteiger partial charge in [0.05, 0.1) is 16.6 Å². The van der Waals surface area contributed by atoms with Crippen LogP contribution in [0.15, 0.2) is 70.9 Å². The topological polar surface area (TPSA) is 66.5 Å². The van der Waals surface area contributed by atoms with Crippen LogP contribution in [-0.4, -0.2) is 25.8 Å². The van der Waals surface area contributed by atoms with Crippen molar-refractivity contribution < 1.29 is 13.2 Å². The predicted molar refractivity (Wildman–Crippen MR) is 116 cm³/mol. The van der Waals surface area contributed by atoms with Crippen molar-refractivity contribution in [3.8, 4) is 0 Å². The molecule has 2 aromatic carbocycles. The highest BCUT2D eigenvalue weighted by Gasteiger charge is 2.31. The van der Waals surface area contributed by atoms with Crippen molar-refractivity contribution in [2.75, 3.05) is 11.3 Å². The highest BCUT2D eigenvalue weighted by atomic mass is 32.2. The third-order valence-electron chi connectivity index (χ3n) is 5.19. The summed E-state index contributed by atoms with van der Waals surface area (Å²) in [5.41, 5.74) is 1.89. The normalized spacial score (nSPS) is 16.7. The van der Waals surface area contributed by atoms with Crippen molar-refractivity contribution >= 4 is 33.0 Å². The maximum absolute atomic E-state index is 13.0. The molecule has 1 aliphatic heterocycles. The number of sulfonamides is 1. The van der Waals surface area contributed by atoms with Crippen molar-refractivity contribution in [2.24, 2.45) is 0 Å². The zero-order chi connectivity index (χ0) is 20.4. The molecule has 0 radical (unpaired) electrons. The number of carbonyl (C=O) groups is 1. The van der Waals surface area contributed by atoms with Crippen LogP contribution in [0.1, 0.15) is 39.7 Å². The van der Waals surface area contributed by atoms with Crippen LogP contribution < -0.4 is 4.72 Å². The zero-order valence-electron chi connectivity index (χ0n) is 16.0. The molecule has 3 aromatic rings. The van der Waals surface area contributed by atoms with E-state index in [1.165, 1.54) is 17.0 Å². The van der Waals surface area contributed by atoms with Crippen LogP contribution in [-0.2, 0) is 10.0 Å². The molecule has 1 unspecified atom stereocenters. The number of thiophene rings is 1. The summed E-state index contributed by atoms with van der Waals surface area (Å²) in [5, 5.41) is 2.03. The van der Waals surface area contributed by atoms with E-state index in [2.05, 4.69) is 10.8 Å². The van der Waals surface area contributed by atoms with Crippen molar-refractivity contribution in [1.29, 1.82) is 0 Å². The Bertz CT molecular complexity index is 1110. The number of amides is 1. The molecular formula is C22H22N2O3S2. The Balaban J connectivity index is 1.53. The summed E-state index contributed by atoms with van der Waals surface area (Å²) in [7, 11) is -3.72. The van der Waals surface area contributed by atoms with E-state index in [1.54, 1.807) is 35.6 Å². The molecule has 0 aliphatic carbocycles. The number of para-hydroxylation sites is 1. The van der Waals surface area contributed by atoms with Gasteiger partial charge in [-0.1, -0.05) is 24.3 Å². The second kappa shape index (κ2) is 8.00. The van der Waals surface area contributed by atoms with E-state index in [4.69, 9.17) is 0 Å². The van der Waals surface area contributed by atoms with E-state index >= 15 is 0 Å².